The van der Waals surface area contributed by atoms with Crippen LogP contribution in [-0.2, 0) is 0 Å². The number of hydrogen-bond acceptors (Lipinski definition) is 5. The Morgan fingerprint density at radius 1 is 1.06 bits per heavy atom. The lowest BCUT2D eigenvalue weighted by Crippen LogP contribution is -2.48. The number of piperazine rings is 1. The van der Waals surface area contributed by atoms with E-state index in [0.29, 0.717) is 24.2 Å². The average molecular weight is 491 g/mol. The van der Waals surface area contributed by atoms with Crippen molar-refractivity contribution in [3.8, 4) is 5.75 Å². The highest BCUT2D eigenvalue weighted by Crippen LogP contribution is 2.25. The Morgan fingerprint density at radius 3 is 2.51 bits per heavy atom. The van der Waals surface area contributed by atoms with E-state index in [-0.39, 0.29) is 29.3 Å². The summed E-state index contributed by atoms with van der Waals surface area (Å²) < 4.78 is 0. The summed E-state index contributed by atoms with van der Waals surface area (Å²) in [4.78, 5) is 34.1. The summed E-state index contributed by atoms with van der Waals surface area (Å²) in [6.07, 6.45) is 3.58. The van der Waals surface area contributed by atoms with Gasteiger partial charge in [0.25, 0.3) is 11.8 Å². The Kier molecular flexibility index (Phi) is 7.80. The lowest BCUT2D eigenvalue weighted by atomic mass is 9.99. The van der Waals surface area contributed by atoms with E-state index in [2.05, 4.69) is 21.8 Å². The summed E-state index contributed by atoms with van der Waals surface area (Å²) >= 11 is 5.87. The molecule has 0 unspecified atom stereocenters. The molecule has 8 heteroatoms. The molecule has 0 saturated carbocycles. The highest BCUT2D eigenvalue weighted by Gasteiger charge is 2.23. The zero-order valence-corrected chi connectivity index (χ0v) is 20.0. The van der Waals surface area contributed by atoms with Crippen molar-refractivity contribution in [2.24, 2.45) is 4.99 Å². The third-order valence-electron chi connectivity index (χ3n) is 6.01. The first kappa shape index (κ1) is 24.4. The molecule has 1 saturated heterocycles. The summed E-state index contributed by atoms with van der Waals surface area (Å²) in [6, 6.07) is 15.8. The van der Waals surface area contributed by atoms with E-state index >= 15 is 0 Å². The number of amides is 2. The number of fused-ring (bicyclic) bond motifs is 1. The second kappa shape index (κ2) is 11.2. The number of nitrogens with one attached hydrogen (secondary N) is 1. The number of aromatic hydroxyl groups is 1. The van der Waals surface area contributed by atoms with Crippen LogP contribution in [0, 0.1) is 0 Å². The molecular weight excluding hydrogens is 464 g/mol. The van der Waals surface area contributed by atoms with Crippen LogP contribution in [-0.4, -0.2) is 72.3 Å². The van der Waals surface area contributed by atoms with Crippen LogP contribution in [0.2, 0.25) is 5.02 Å². The number of nitrogens with zero attached hydrogens (tertiary/aromatic N) is 3. The number of carbonyl (C=O) groups is 2. The Labute approximate surface area is 209 Å². The van der Waals surface area contributed by atoms with Crippen molar-refractivity contribution in [1.82, 2.24) is 15.1 Å². The monoisotopic (exact) mass is 490 g/mol. The molecule has 0 spiro atoms. The standard InChI is InChI=1S/C27H27ClN4O3/c1-2-11-31-12-14-32(15-13-31)27(35)23-9-7-20(21-5-3-4-6-22(21)23)17-29-18-30-26(34)19-8-10-25(33)24(28)16-19/h2-10,16-17,33H,1,11-15,18H2,(H,30,34)/b29-17+. The van der Waals surface area contributed by atoms with Gasteiger partial charge in [0.15, 0.2) is 0 Å². The number of phenols is 1. The molecule has 0 bridgehead atoms. The Bertz CT molecular complexity index is 1280. The number of carbonyl (C=O) groups excluding carboxylic acids is 2. The van der Waals surface area contributed by atoms with Gasteiger partial charge in [-0.05, 0) is 35.0 Å². The van der Waals surface area contributed by atoms with Crippen molar-refractivity contribution in [3.05, 3.63) is 89.0 Å². The molecule has 1 heterocycles. The third kappa shape index (κ3) is 5.70. The lowest BCUT2D eigenvalue weighted by Gasteiger charge is -2.34. The molecule has 2 N–H and O–H groups in total. The van der Waals surface area contributed by atoms with Gasteiger partial charge in [0.1, 0.15) is 12.4 Å². The molecule has 1 fully saturated rings. The summed E-state index contributed by atoms with van der Waals surface area (Å²) in [5.74, 6) is -0.393. The molecule has 0 aliphatic carbocycles. The SMILES string of the molecule is C=CCN1CCN(C(=O)c2ccc(/C=N/CNC(=O)c3ccc(O)c(Cl)c3)c3ccccc23)CC1. The average Bonchev–Trinajstić information content (AvgIpc) is 2.88. The highest BCUT2D eigenvalue weighted by molar-refractivity contribution is 6.32. The van der Waals surface area contributed by atoms with Crippen LogP contribution in [0.1, 0.15) is 26.3 Å². The van der Waals surface area contributed by atoms with E-state index in [1.165, 1.54) is 18.2 Å². The summed E-state index contributed by atoms with van der Waals surface area (Å²) in [6.45, 7) is 7.75. The molecule has 7 nitrogen and oxygen atoms in total. The number of aliphatic imine (C=N–C) groups is 1. The van der Waals surface area contributed by atoms with E-state index in [1.54, 1.807) is 6.21 Å². The first-order chi connectivity index (χ1) is 17.0. The molecule has 2 amide bonds. The smallest absolute Gasteiger partial charge is 0.254 e. The molecular formula is C27H27ClN4O3. The second-order valence-electron chi connectivity index (χ2n) is 8.27. The van der Waals surface area contributed by atoms with Gasteiger partial charge in [0.05, 0.1) is 5.02 Å². The Hall–Kier alpha value is -3.68. The number of benzene rings is 3. The fourth-order valence-electron chi connectivity index (χ4n) is 4.12. The van der Waals surface area contributed by atoms with Crippen LogP contribution < -0.4 is 5.32 Å². The Balaban J connectivity index is 1.45. The van der Waals surface area contributed by atoms with Crippen molar-refractivity contribution >= 4 is 40.4 Å². The van der Waals surface area contributed by atoms with Crippen molar-refractivity contribution in [2.45, 2.75) is 0 Å². The maximum absolute atomic E-state index is 13.3. The minimum Gasteiger partial charge on any atom is -0.506 e. The molecule has 0 aromatic heterocycles. The minimum absolute atomic E-state index is 0.0303. The van der Waals surface area contributed by atoms with Crippen molar-refractivity contribution in [2.75, 3.05) is 39.4 Å². The number of rotatable bonds is 7. The molecule has 1 aliphatic heterocycles. The summed E-state index contributed by atoms with van der Waals surface area (Å²) in [7, 11) is 0. The quantitative estimate of drug-likeness (QED) is 0.388. The largest absolute Gasteiger partial charge is 0.506 e. The predicted molar refractivity (Wildman–Crippen MR) is 140 cm³/mol. The van der Waals surface area contributed by atoms with E-state index in [9.17, 15) is 14.7 Å². The molecule has 4 rings (SSSR count). The van der Waals surface area contributed by atoms with Crippen LogP contribution in [0.15, 0.2) is 72.2 Å². The van der Waals surface area contributed by atoms with Crippen LogP contribution in [0.25, 0.3) is 10.8 Å². The maximum Gasteiger partial charge on any atom is 0.254 e. The van der Waals surface area contributed by atoms with Gasteiger partial charge in [-0.15, -0.1) is 6.58 Å². The van der Waals surface area contributed by atoms with Crippen molar-refractivity contribution < 1.29 is 14.7 Å². The van der Waals surface area contributed by atoms with Crippen LogP contribution >= 0.6 is 11.6 Å². The fourth-order valence-corrected chi connectivity index (χ4v) is 4.30. The van der Waals surface area contributed by atoms with Crippen molar-refractivity contribution in [3.63, 3.8) is 0 Å². The van der Waals surface area contributed by atoms with Gasteiger partial charge >= 0.3 is 0 Å². The molecule has 0 atom stereocenters. The Morgan fingerprint density at radius 2 is 1.80 bits per heavy atom. The highest BCUT2D eigenvalue weighted by atomic mass is 35.5. The minimum atomic E-state index is -0.344. The maximum atomic E-state index is 13.3. The first-order valence-corrected chi connectivity index (χ1v) is 11.8. The molecule has 0 radical (unpaired) electrons. The topological polar surface area (TPSA) is 85.2 Å². The van der Waals surface area contributed by atoms with Crippen LogP contribution in [0.5, 0.6) is 5.75 Å². The molecule has 1 aliphatic rings. The predicted octanol–water partition coefficient (Wildman–Crippen LogP) is 3.95. The van der Waals surface area contributed by atoms with Gasteiger partial charge in [-0.25, -0.2) is 0 Å². The number of halogens is 1. The lowest BCUT2D eigenvalue weighted by molar-refractivity contribution is 0.0652. The van der Waals surface area contributed by atoms with Gasteiger partial charge < -0.3 is 15.3 Å². The first-order valence-electron chi connectivity index (χ1n) is 11.4. The zero-order chi connectivity index (χ0) is 24.8. The van der Waals surface area contributed by atoms with Gasteiger partial charge in [0.2, 0.25) is 0 Å². The van der Waals surface area contributed by atoms with Crippen LogP contribution in [0.3, 0.4) is 0 Å². The van der Waals surface area contributed by atoms with Gasteiger partial charge in [0, 0.05) is 55.6 Å². The fraction of sp³-hybridized carbons (Fsp3) is 0.222. The van der Waals surface area contributed by atoms with Gasteiger partial charge in [-0.2, -0.15) is 0 Å². The normalized spacial score (nSPS) is 14.4. The van der Waals surface area contributed by atoms with Crippen molar-refractivity contribution in [1.29, 1.82) is 0 Å². The van der Waals surface area contributed by atoms with E-state index in [4.69, 9.17) is 11.6 Å². The molecule has 35 heavy (non-hydrogen) atoms. The van der Waals surface area contributed by atoms with Gasteiger partial charge in [-0.1, -0.05) is 48.0 Å². The molecule has 3 aromatic rings. The zero-order valence-electron chi connectivity index (χ0n) is 19.3. The summed E-state index contributed by atoms with van der Waals surface area (Å²) in [5.41, 5.74) is 1.86. The van der Waals surface area contributed by atoms with E-state index < -0.39 is 0 Å². The number of hydrogen-bond donors (Lipinski definition) is 2. The van der Waals surface area contributed by atoms with E-state index in [1.807, 2.05) is 47.4 Å². The number of phenolic OH excluding ortho intramolecular Hbond substituents is 1. The third-order valence-corrected chi connectivity index (χ3v) is 6.31. The second-order valence-corrected chi connectivity index (χ2v) is 8.68. The molecule has 180 valence electrons. The van der Waals surface area contributed by atoms with Crippen LogP contribution in [0.4, 0.5) is 0 Å². The van der Waals surface area contributed by atoms with Gasteiger partial charge in [-0.3, -0.25) is 19.5 Å². The molecule has 3 aromatic carbocycles. The summed E-state index contributed by atoms with van der Waals surface area (Å²) in [5, 5.41) is 14.1. The van der Waals surface area contributed by atoms with E-state index in [0.717, 1.165) is 36.0 Å².